The summed E-state index contributed by atoms with van der Waals surface area (Å²) in [7, 11) is 1.47. The zero-order chi connectivity index (χ0) is 18.4. The Morgan fingerprint density at radius 2 is 1.64 bits per heavy atom. The van der Waals surface area contributed by atoms with E-state index in [1.54, 1.807) is 36.4 Å². The van der Waals surface area contributed by atoms with Gasteiger partial charge in [0.1, 0.15) is 5.75 Å². The van der Waals surface area contributed by atoms with Gasteiger partial charge in [-0.1, -0.05) is 24.3 Å². The van der Waals surface area contributed by atoms with Crippen LogP contribution in [-0.2, 0) is 9.59 Å². The highest BCUT2D eigenvalue weighted by Gasteiger charge is 2.19. The van der Waals surface area contributed by atoms with Crippen molar-refractivity contribution < 1.29 is 23.9 Å². The van der Waals surface area contributed by atoms with E-state index in [1.165, 1.54) is 26.2 Å². The van der Waals surface area contributed by atoms with Crippen LogP contribution < -0.4 is 10.1 Å². The van der Waals surface area contributed by atoms with Crippen LogP contribution in [0.5, 0.6) is 5.75 Å². The fraction of sp³-hybridized carbons (Fsp3) is 0.158. The Kier molecular flexibility index (Phi) is 5.79. The molecule has 2 aromatic rings. The van der Waals surface area contributed by atoms with Gasteiger partial charge < -0.3 is 10.1 Å². The van der Waals surface area contributed by atoms with Crippen LogP contribution in [0.25, 0.3) is 0 Å². The van der Waals surface area contributed by atoms with Gasteiger partial charge in [0.25, 0.3) is 5.91 Å². The number of carbonyl (C=O) groups is 4. The Hall–Kier alpha value is -3.28. The van der Waals surface area contributed by atoms with E-state index < -0.39 is 23.9 Å². The van der Waals surface area contributed by atoms with Gasteiger partial charge in [-0.05, 0) is 31.2 Å². The Labute approximate surface area is 144 Å². The number of anilines is 1. The largest absolute Gasteiger partial charge is 0.497 e. The number of rotatable bonds is 7. The zero-order valence-corrected chi connectivity index (χ0v) is 13.9. The first-order valence-electron chi connectivity index (χ1n) is 7.53. The molecule has 6 nitrogen and oxygen atoms in total. The van der Waals surface area contributed by atoms with Crippen LogP contribution in [-0.4, -0.2) is 30.4 Å². The van der Waals surface area contributed by atoms with Crippen LogP contribution in [0, 0.1) is 0 Å². The molecule has 0 radical (unpaired) electrons. The number of methoxy groups -OCH3 is 1. The van der Waals surface area contributed by atoms with E-state index in [4.69, 9.17) is 4.74 Å². The van der Waals surface area contributed by atoms with Gasteiger partial charge >= 0.3 is 0 Å². The van der Waals surface area contributed by atoms with Crippen LogP contribution in [0.3, 0.4) is 0 Å². The number of ketones is 3. The monoisotopic (exact) mass is 339 g/mol. The van der Waals surface area contributed by atoms with Crippen molar-refractivity contribution in [2.45, 2.75) is 13.3 Å². The van der Waals surface area contributed by atoms with E-state index in [0.717, 1.165) is 0 Å². The van der Waals surface area contributed by atoms with E-state index in [0.29, 0.717) is 22.6 Å². The maximum atomic E-state index is 12.1. The molecule has 0 aliphatic carbocycles. The minimum absolute atomic E-state index is 0.157. The minimum atomic E-state index is -0.906. The SMILES string of the molecule is COc1cccc(C(=O)CC(=O)C(=O)Nc2cccc(C(C)=O)c2)c1. The van der Waals surface area contributed by atoms with Crippen molar-refractivity contribution in [2.75, 3.05) is 12.4 Å². The zero-order valence-electron chi connectivity index (χ0n) is 13.9. The molecule has 6 heteroatoms. The summed E-state index contributed by atoms with van der Waals surface area (Å²) in [5.41, 5.74) is 1.02. The van der Waals surface area contributed by atoms with E-state index in [1.807, 2.05) is 0 Å². The highest BCUT2D eigenvalue weighted by molar-refractivity contribution is 6.44. The Balaban J connectivity index is 2.02. The molecule has 0 aliphatic rings. The Bertz CT molecular complexity index is 841. The molecule has 128 valence electrons. The number of Topliss-reactive ketones (excluding diaryl/α,β-unsaturated/α-hetero) is 3. The van der Waals surface area contributed by atoms with E-state index >= 15 is 0 Å². The summed E-state index contributed by atoms with van der Waals surface area (Å²) >= 11 is 0. The van der Waals surface area contributed by atoms with E-state index in [-0.39, 0.29) is 5.78 Å². The maximum Gasteiger partial charge on any atom is 0.292 e. The summed E-state index contributed by atoms with van der Waals surface area (Å²) < 4.78 is 5.02. The number of ether oxygens (including phenoxy) is 1. The second-order valence-electron chi connectivity index (χ2n) is 5.35. The van der Waals surface area contributed by atoms with Crippen molar-refractivity contribution in [1.29, 1.82) is 0 Å². The Morgan fingerprint density at radius 1 is 0.960 bits per heavy atom. The van der Waals surface area contributed by atoms with Crippen LogP contribution in [0.15, 0.2) is 48.5 Å². The molecule has 2 aromatic carbocycles. The van der Waals surface area contributed by atoms with E-state index in [9.17, 15) is 19.2 Å². The topological polar surface area (TPSA) is 89.5 Å². The van der Waals surface area contributed by atoms with Crippen molar-refractivity contribution in [3.05, 3.63) is 59.7 Å². The molecule has 0 fully saturated rings. The molecule has 0 aromatic heterocycles. The predicted octanol–water partition coefficient (Wildman–Crippen LogP) is 2.68. The minimum Gasteiger partial charge on any atom is -0.497 e. The average molecular weight is 339 g/mol. The summed E-state index contributed by atoms with van der Waals surface area (Å²) in [5.74, 6) is -1.91. The molecule has 1 N–H and O–H groups in total. The molecule has 2 rings (SSSR count). The smallest absolute Gasteiger partial charge is 0.292 e. The fourth-order valence-corrected chi connectivity index (χ4v) is 2.14. The highest BCUT2D eigenvalue weighted by atomic mass is 16.5. The first-order chi connectivity index (χ1) is 11.9. The summed E-state index contributed by atoms with van der Waals surface area (Å²) in [4.78, 5) is 47.4. The van der Waals surface area contributed by atoms with Gasteiger partial charge in [-0.2, -0.15) is 0 Å². The lowest BCUT2D eigenvalue weighted by atomic mass is 10.1. The molecule has 0 saturated heterocycles. The molecule has 0 unspecified atom stereocenters. The van der Waals surface area contributed by atoms with Gasteiger partial charge in [0, 0.05) is 16.8 Å². The van der Waals surface area contributed by atoms with Gasteiger partial charge in [-0.15, -0.1) is 0 Å². The summed E-state index contributed by atoms with van der Waals surface area (Å²) in [6.07, 6.45) is -0.550. The lowest BCUT2D eigenvalue weighted by molar-refractivity contribution is -0.134. The number of benzene rings is 2. The van der Waals surface area contributed by atoms with Gasteiger partial charge in [0.05, 0.1) is 13.5 Å². The summed E-state index contributed by atoms with van der Waals surface area (Å²) in [5, 5.41) is 2.40. The van der Waals surface area contributed by atoms with Crippen molar-refractivity contribution in [3.8, 4) is 5.75 Å². The molecule has 0 saturated carbocycles. The van der Waals surface area contributed by atoms with E-state index in [2.05, 4.69) is 5.32 Å². The van der Waals surface area contributed by atoms with Gasteiger partial charge in [-0.3, -0.25) is 19.2 Å². The third-order valence-electron chi connectivity index (χ3n) is 3.49. The van der Waals surface area contributed by atoms with Crippen molar-refractivity contribution in [3.63, 3.8) is 0 Å². The third kappa shape index (κ3) is 4.84. The molecule has 0 aliphatic heterocycles. The van der Waals surface area contributed by atoms with Crippen molar-refractivity contribution in [1.82, 2.24) is 0 Å². The number of amides is 1. The average Bonchev–Trinajstić information content (AvgIpc) is 2.61. The molecule has 0 heterocycles. The number of nitrogens with one attached hydrogen (secondary N) is 1. The fourth-order valence-electron chi connectivity index (χ4n) is 2.14. The number of hydrogen-bond acceptors (Lipinski definition) is 5. The molecule has 0 spiro atoms. The third-order valence-corrected chi connectivity index (χ3v) is 3.49. The normalized spacial score (nSPS) is 10.0. The molecule has 25 heavy (non-hydrogen) atoms. The lowest BCUT2D eigenvalue weighted by Crippen LogP contribution is -2.25. The first-order valence-corrected chi connectivity index (χ1v) is 7.53. The standard InChI is InChI=1S/C19H17NO5/c1-12(21)13-5-3-7-15(9-13)20-19(24)18(23)11-17(22)14-6-4-8-16(10-14)25-2/h3-10H,11H2,1-2H3,(H,20,24). The van der Waals surface area contributed by atoms with Crippen molar-refractivity contribution >= 4 is 28.9 Å². The molecular weight excluding hydrogens is 322 g/mol. The van der Waals surface area contributed by atoms with Gasteiger partial charge in [-0.25, -0.2) is 0 Å². The van der Waals surface area contributed by atoms with Gasteiger partial charge in [0.15, 0.2) is 11.6 Å². The lowest BCUT2D eigenvalue weighted by Gasteiger charge is -2.06. The first kappa shape index (κ1) is 18.1. The molecular formula is C19H17NO5. The van der Waals surface area contributed by atoms with Crippen LogP contribution in [0.1, 0.15) is 34.1 Å². The quantitative estimate of drug-likeness (QED) is 0.476. The van der Waals surface area contributed by atoms with Crippen LogP contribution in [0.4, 0.5) is 5.69 Å². The van der Waals surface area contributed by atoms with Crippen LogP contribution >= 0.6 is 0 Å². The molecule has 1 amide bonds. The molecule has 0 bridgehead atoms. The summed E-state index contributed by atoms with van der Waals surface area (Å²) in [6.45, 7) is 1.40. The maximum absolute atomic E-state index is 12.1. The van der Waals surface area contributed by atoms with Gasteiger partial charge in [0.2, 0.25) is 5.78 Å². The number of carbonyl (C=O) groups excluding carboxylic acids is 4. The second kappa shape index (κ2) is 8.01. The van der Waals surface area contributed by atoms with Crippen molar-refractivity contribution in [2.24, 2.45) is 0 Å². The predicted molar refractivity (Wildman–Crippen MR) is 92.0 cm³/mol. The second-order valence-corrected chi connectivity index (χ2v) is 5.35. The Morgan fingerprint density at radius 3 is 2.32 bits per heavy atom. The summed E-state index contributed by atoms with van der Waals surface area (Å²) in [6, 6.07) is 12.6. The highest BCUT2D eigenvalue weighted by Crippen LogP contribution is 2.15. The van der Waals surface area contributed by atoms with Crippen LogP contribution in [0.2, 0.25) is 0 Å². The number of hydrogen-bond donors (Lipinski definition) is 1. The molecule has 0 atom stereocenters.